The third-order valence-electron chi connectivity index (χ3n) is 6.38. The topological polar surface area (TPSA) is 115 Å². The second-order valence-electron chi connectivity index (χ2n) is 9.16. The van der Waals surface area contributed by atoms with Gasteiger partial charge in [0.05, 0.1) is 53.1 Å². The number of pyridine rings is 1. The zero-order valence-electron chi connectivity index (χ0n) is 21.4. The van der Waals surface area contributed by atoms with Gasteiger partial charge in [0.25, 0.3) is 0 Å². The van der Waals surface area contributed by atoms with Gasteiger partial charge in [-0.05, 0) is 60.9 Å². The first-order valence-electron chi connectivity index (χ1n) is 12.6. The van der Waals surface area contributed by atoms with Gasteiger partial charge >= 0.3 is 0 Å². The van der Waals surface area contributed by atoms with Crippen LogP contribution in [0.25, 0.3) is 10.9 Å². The average molecular weight is 552 g/mol. The molecule has 0 radical (unpaired) electrons. The number of anilines is 3. The first-order chi connectivity index (χ1) is 19.4. The Hall–Kier alpha value is -4.63. The van der Waals surface area contributed by atoms with Crippen molar-refractivity contribution in [1.29, 1.82) is 10.5 Å². The average Bonchev–Trinajstić information content (AvgIpc) is 3.69. The number of halogens is 2. The molecule has 0 spiro atoms. The number of fused-ring (bicyclic) bond motifs is 1. The van der Waals surface area contributed by atoms with Crippen LogP contribution in [-0.2, 0) is 0 Å². The molecule has 0 saturated heterocycles. The van der Waals surface area contributed by atoms with E-state index in [9.17, 15) is 11.9 Å². The Bertz CT molecular complexity index is 1850. The van der Waals surface area contributed by atoms with Crippen LogP contribution in [-0.4, -0.2) is 20.0 Å². The minimum Gasteiger partial charge on any atom is -0.373 e. The molecule has 0 bridgehead atoms. The molecule has 2 aromatic heterocycles. The summed E-state index contributed by atoms with van der Waals surface area (Å²) < 4.78 is 11.4. The molecule has 10 heteroatoms. The molecule has 3 aromatic carbocycles. The first kappa shape index (κ1) is 23.5. The lowest BCUT2D eigenvalue weighted by atomic mass is 10.0. The number of rotatable bonds is 7. The lowest BCUT2D eigenvalue weighted by Gasteiger charge is -2.20. The van der Waals surface area contributed by atoms with Gasteiger partial charge in [0, 0.05) is 28.0 Å². The van der Waals surface area contributed by atoms with Crippen molar-refractivity contribution in [3.63, 3.8) is 0 Å². The summed E-state index contributed by atoms with van der Waals surface area (Å²) in [6.07, 6.45) is 5.26. The van der Waals surface area contributed by atoms with Crippen molar-refractivity contribution < 1.29 is 1.37 Å². The monoisotopic (exact) mass is 551 g/mol. The predicted molar refractivity (Wildman–Crippen MR) is 151 cm³/mol. The van der Waals surface area contributed by atoms with Gasteiger partial charge in [0.1, 0.15) is 11.8 Å². The Kier molecular flexibility index (Phi) is 6.18. The fourth-order valence-electron chi connectivity index (χ4n) is 4.34. The van der Waals surface area contributed by atoms with E-state index in [0.717, 1.165) is 12.8 Å². The number of nitriles is 2. The third-order valence-corrected chi connectivity index (χ3v) is 6.90. The highest BCUT2D eigenvalue weighted by Gasteiger charge is 2.27. The Morgan fingerprint density at radius 3 is 2.64 bits per heavy atom. The molecular formula is C29H20Cl2N8. The molecular weight excluding hydrogens is 531 g/mol. The summed E-state index contributed by atoms with van der Waals surface area (Å²) in [6, 6.07) is 20.4. The van der Waals surface area contributed by atoms with E-state index in [0.29, 0.717) is 60.4 Å². The summed E-state index contributed by atoms with van der Waals surface area (Å²) in [5, 5.41) is 36.0. The van der Waals surface area contributed by atoms with Crippen molar-refractivity contribution in [2.75, 3.05) is 10.6 Å². The van der Waals surface area contributed by atoms with E-state index in [1.165, 1.54) is 6.20 Å². The predicted octanol–water partition coefficient (Wildman–Crippen LogP) is 7.16. The minimum atomic E-state index is -1.61. The zero-order valence-corrected chi connectivity index (χ0v) is 21.9. The molecule has 1 atom stereocenters. The van der Waals surface area contributed by atoms with Gasteiger partial charge < -0.3 is 10.6 Å². The van der Waals surface area contributed by atoms with Crippen molar-refractivity contribution in [2.24, 2.45) is 0 Å². The SMILES string of the molecule is [2H]C(Nc1cc(Cl)c2ncc(C#N)c(Nc3cccc(Cl)c3)c2c1)(c1cccc(C#N)c1)c1cn(C2CC2)nn1. The maximum absolute atomic E-state index is 9.86. The van der Waals surface area contributed by atoms with Crippen LogP contribution >= 0.6 is 23.2 Å². The summed E-state index contributed by atoms with van der Waals surface area (Å²) in [7, 11) is 0. The van der Waals surface area contributed by atoms with E-state index in [2.05, 4.69) is 38.1 Å². The summed E-state index contributed by atoms with van der Waals surface area (Å²) in [5.74, 6) is 0. The van der Waals surface area contributed by atoms with Gasteiger partial charge in [-0.25, -0.2) is 4.68 Å². The number of aromatic nitrogens is 4. The quantitative estimate of drug-likeness (QED) is 0.220. The Morgan fingerprint density at radius 1 is 1.03 bits per heavy atom. The molecule has 0 aliphatic heterocycles. The highest BCUT2D eigenvalue weighted by molar-refractivity contribution is 6.36. The highest BCUT2D eigenvalue weighted by atomic mass is 35.5. The van der Waals surface area contributed by atoms with E-state index in [1.54, 1.807) is 65.5 Å². The maximum Gasteiger partial charge on any atom is 0.109 e. The lowest BCUT2D eigenvalue weighted by Crippen LogP contribution is -2.13. The van der Waals surface area contributed by atoms with E-state index in [4.69, 9.17) is 23.2 Å². The molecule has 1 unspecified atom stereocenters. The standard InChI is InChI=1S/C29H20Cl2N8/c30-20-5-2-6-21(10-20)35-27-19(14-33)15-34-29-24(27)11-22(12-25(29)31)36-28(18-4-1-3-17(9-18)13-32)26-16-39(38-37-26)23-7-8-23/h1-6,9-12,15-16,23,28,36H,7-8H2,(H,34,35)/i28D. The van der Waals surface area contributed by atoms with Crippen molar-refractivity contribution >= 4 is 51.2 Å². The van der Waals surface area contributed by atoms with Gasteiger partial charge in [0.2, 0.25) is 0 Å². The van der Waals surface area contributed by atoms with Crippen molar-refractivity contribution in [3.8, 4) is 12.1 Å². The second-order valence-corrected chi connectivity index (χ2v) is 10.00. The normalized spacial score (nSPS) is 14.6. The molecule has 2 heterocycles. The number of hydrogen-bond acceptors (Lipinski definition) is 7. The summed E-state index contributed by atoms with van der Waals surface area (Å²) in [5.41, 5.74) is 3.76. The van der Waals surface area contributed by atoms with Crippen molar-refractivity contribution in [3.05, 3.63) is 105 Å². The fourth-order valence-corrected chi connectivity index (χ4v) is 4.80. The van der Waals surface area contributed by atoms with Crippen LogP contribution in [0.1, 0.15) is 48.7 Å². The summed E-state index contributed by atoms with van der Waals surface area (Å²) in [4.78, 5) is 4.42. The Balaban J connectivity index is 1.49. The van der Waals surface area contributed by atoms with E-state index in [1.807, 2.05) is 6.07 Å². The van der Waals surface area contributed by atoms with Crippen molar-refractivity contribution in [2.45, 2.75) is 24.9 Å². The first-order valence-corrected chi connectivity index (χ1v) is 12.9. The summed E-state index contributed by atoms with van der Waals surface area (Å²) in [6.45, 7) is 0. The smallest absolute Gasteiger partial charge is 0.109 e. The van der Waals surface area contributed by atoms with Gasteiger partial charge in [-0.2, -0.15) is 10.5 Å². The highest BCUT2D eigenvalue weighted by Crippen LogP contribution is 2.38. The second kappa shape index (κ2) is 10.3. The molecule has 2 N–H and O–H groups in total. The summed E-state index contributed by atoms with van der Waals surface area (Å²) >= 11 is 12.9. The van der Waals surface area contributed by atoms with Crippen molar-refractivity contribution in [1.82, 2.24) is 20.0 Å². The number of benzene rings is 3. The number of hydrogen-bond donors (Lipinski definition) is 2. The van der Waals surface area contributed by atoms with Gasteiger partial charge in [-0.3, -0.25) is 4.98 Å². The molecule has 1 aliphatic rings. The molecule has 0 amide bonds. The van der Waals surface area contributed by atoms with Gasteiger partial charge in [-0.15, -0.1) is 5.10 Å². The molecule has 39 heavy (non-hydrogen) atoms. The number of nitrogens with zero attached hydrogens (tertiary/aromatic N) is 6. The van der Waals surface area contributed by atoms with Gasteiger partial charge in [0.15, 0.2) is 0 Å². The van der Waals surface area contributed by atoms with Crippen LogP contribution in [0.2, 0.25) is 10.0 Å². The van der Waals surface area contributed by atoms with Crippen LogP contribution in [0, 0.1) is 22.7 Å². The molecule has 5 aromatic rings. The minimum absolute atomic E-state index is 0.279. The van der Waals surface area contributed by atoms with E-state index < -0.39 is 6.02 Å². The molecule has 1 saturated carbocycles. The van der Waals surface area contributed by atoms with Gasteiger partial charge in [-0.1, -0.05) is 46.6 Å². The number of nitrogens with one attached hydrogen (secondary N) is 2. The van der Waals surface area contributed by atoms with Crippen LogP contribution in [0.3, 0.4) is 0 Å². The Morgan fingerprint density at radius 2 is 1.87 bits per heavy atom. The molecule has 1 aliphatic carbocycles. The maximum atomic E-state index is 9.86. The molecule has 1 fully saturated rings. The van der Waals surface area contributed by atoms with E-state index in [-0.39, 0.29) is 6.04 Å². The lowest BCUT2D eigenvalue weighted by molar-refractivity contribution is 0.610. The largest absolute Gasteiger partial charge is 0.373 e. The third kappa shape index (κ3) is 5.08. The van der Waals surface area contributed by atoms with Crippen LogP contribution in [0.15, 0.2) is 73.1 Å². The molecule has 6 rings (SSSR count). The zero-order chi connectivity index (χ0) is 27.9. The van der Waals surface area contributed by atoms with Crippen LogP contribution in [0.4, 0.5) is 17.1 Å². The Labute approximate surface area is 235 Å². The van der Waals surface area contributed by atoms with E-state index >= 15 is 0 Å². The molecule has 8 nitrogen and oxygen atoms in total. The fraction of sp³-hybridized carbons (Fsp3) is 0.138. The van der Waals surface area contributed by atoms with Crippen LogP contribution < -0.4 is 10.6 Å². The van der Waals surface area contributed by atoms with Crippen LogP contribution in [0.5, 0.6) is 0 Å². The molecule has 190 valence electrons.